The van der Waals surface area contributed by atoms with Crippen molar-refractivity contribution in [3.8, 4) is 5.75 Å². The summed E-state index contributed by atoms with van der Waals surface area (Å²) >= 11 is 6.41. The summed E-state index contributed by atoms with van der Waals surface area (Å²) in [7, 11) is 0. The van der Waals surface area contributed by atoms with Crippen molar-refractivity contribution < 1.29 is 9.90 Å². The molecule has 0 spiro atoms. The Morgan fingerprint density at radius 2 is 2.16 bits per heavy atom. The summed E-state index contributed by atoms with van der Waals surface area (Å²) in [6, 6.07) is 9.00. The average molecular weight is 276 g/mol. The van der Waals surface area contributed by atoms with Crippen LogP contribution in [0.25, 0.3) is 10.8 Å². The number of hydrogen-bond donors (Lipinski definition) is 2. The van der Waals surface area contributed by atoms with Crippen LogP contribution in [0.2, 0.25) is 5.02 Å². The van der Waals surface area contributed by atoms with Crippen LogP contribution in [0.15, 0.2) is 30.3 Å². The molecule has 0 saturated carbocycles. The molecule has 2 aromatic carbocycles. The molecule has 1 saturated heterocycles. The van der Waals surface area contributed by atoms with E-state index < -0.39 is 0 Å². The van der Waals surface area contributed by atoms with Crippen molar-refractivity contribution in [3.05, 3.63) is 40.9 Å². The molecule has 0 aliphatic carbocycles. The van der Waals surface area contributed by atoms with E-state index >= 15 is 0 Å². The number of amides is 1. The van der Waals surface area contributed by atoms with Crippen molar-refractivity contribution in [1.29, 1.82) is 0 Å². The van der Waals surface area contributed by atoms with Crippen LogP contribution >= 0.6 is 11.6 Å². The van der Waals surface area contributed by atoms with Crippen molar-refractivity contribution in [1.82, 2.24) is 5.32 Å². The number of fused-ring (bicyclic) bond motifs is 1. The maximum Gasteiger partial charge on any atom is 0.223 e. The van der Waals surface area contributed by atoms with Gasteiger partial charge >= 0.3 is 0 Å². The van der Waals surface area contributed by atoms with Gasteiger partial charge in [0.1, 0.15) is 5.75 Å². The third-order valence-electron chi connectivity index (χ3n) is 3.65. The van der Waals surface area contributed by atoms with Gasteiger partial charge in [0.25, 0.3) is 0 Å². The molecule has 3 rings (SSSR count). The quantitative estimate of drug-likeness (QED) is 0.885. The average Bonchev–Trinajstić information content (AvgIpc) is 2.78. The van der Waals surface area contributed by atoms with E-state index in [2.05, 4.69) is 5.32 Å². The molecule has 2 N–H and O–H groups in total. The number of phenols is 1. The lowest BCUT2D eigenvalue weighted by Crippen LogP contribution is -2.20. The number of benzene rings is 2. The summed E-state index contributed by atoms with van der Waals surface area (Å²) < 4.78 is 0. The van der Waals surface area contributed by atoms with Crippen LogP contribution in [0.1, 0.15) is 12.0 Å². The zero-order chi connectivity index (χ0) is 13.4. The lowest BCUT2D eigenvalue weighted by molar-refractivity contribution is -0.122. The molecule has 2 aromatic rings. The van der Waals surface area contributed by atoms with Crippen molar-refractivity contribution in [2.75, 3.05) is 6.54 Å². The number of phenolic OH excluding ortho intramolecular Hbond substituents is 1. The maximum absolute atomic E-state index is 11.6. The summed E-state index contributed by atoms with van der Waals surface area (Å²) in [4.78, 5) is 11.6. The summed E-state index contributed by atoms with van der Waals surface area (Å²) in [6.45, 7) is 0.753. The Kier molecular flexibility index (Phi) is 3.07. The highest BCUT2D eigenvalue weighted by atomic mass is 35.5. The standard InChI is InChI=1S/C15H14ClNO2/c16-14-10(7-11-5-6-17-15(11)19)2-1-9-8-12(18)3-4-13(9)14/h1-4,8,11,18H,5-7H2,(H,17,19). The van der Waals surface area contributed by atoms with Gasteiger partial charge in [-0.3, -0.25) is 4.79 Å². The highest BCUT2D eigenvalue weighted by Crippen LogP contribution is 2.31. The first-order valence-corrected chi connectivity index (χ1v) is 6.71. The van der Waals surface area contributed by atoms with Crippen LogP contribution in [0.3, 0.4) is 0 Å². The first kappa shape index (κ1) is 12.3. The zero-order valence-electron chi connectivity index (χ0n) is 10.3. The van der Waals surface area contributed by atoms with Gasteiger partial charge in [-0.2, -0.15) is 0 Å². The molecule has 98 valence electrons. The Labute approximate surface area is 116 Å². The summed E-state index contributed by atoms with van der Waals surface area (Å²) in [6.07, 6.45) is 1.53. The highest BCUT2D eigenvalue weighted by Gasteiger charge is 2.25. The molecule has 1 aliphatic rings. The molecule has 0 aromatic heterocycles. The van der Waals surface area contributed by atoms with E-state index in [1.54, 1.807) is 12.1 Å². The fourth-order valence-corrected chi connectivity index (χ4v) is 2.90. The second kappa shape index (κ2) is 4.74. The Hall–Kier alpha value is -1.74. The fraction of sp³-hybridized carbons (Fsp3) is 0.267. The monoisotopic (exact) mass is 275 g/mol. The van der Waals surface area contributed by atoms with Gasteiger partial charge in [-0.1, -0.05) is 23.7 Å². The summed E-state index contributed by atoms with van der Waals surface area (Å²) in [5.41, 5.74) is 0.988. The van der Waals surface area contributed by atoms with Gasteiger partial charge in [0.2, 0.25) is 5.91 Å². The van der Waals surface area contributed by atoms with E-state index in [0.717, 1.165) is 29.3 Å². The van der Waals surface area contributed by atoms with Crippen molar-refractivity contribution >= 4 is 28.3 Å². The number of rotatable bonds is 2. The van der Waals surface area contributed by atoms with E-state index in [0.29, 0.717) is 11.4 Å². The molecule has 3 nitrogen and oxygen atoms in total. The van der Waals surface area contributed by atoms with Gasteiger partial charge < -0.3 is 10.4 Å². The first-order chi connectivity index (χ1) is 9.15. The third kappa shape index (κ3) is 2.26. The predicted molar refractivity (Wildman–Crippen MR) is 75.4 cm³/mol. The van der Waals surface area contributed by atoms with Gasteiger partial charge in [0.15, 0.2) is 0 Å². The predicted octanol–water partition coefficient (Wildman–Crippen LogP) is 2.88. The van der Waals surface area contributed by atoms with E-state index in [4.69, 9.17) is 11.6 Å². The molecular formula is C15H14ClNO2. The molecule has 1 heterocycles. The largest absolute Gasteiger partial charge is 0.508 e. The number of hydrogen-bond acceptors (Lipinski definition) is 2. The number of carbonyl (C=O) groups is 1. The number of halogens is 1. The van der Waals surface area contributed by atoms with Crippen molar-refractivity contribution in [2.45, 2.75) is 12.8 Å². The van der Waals surface area contributed by atoms with E-state index in [1.807, 2.05) is 18.2 Å². The van der Waals surface area contributed by atoms with Gasteiger partial charge in [-0.25, -0.2) is 0 Å². The first-order valence-electron chi connectivity index (χ1n) is 6.33. The van der Waals surface area contributed by atoms with Gasteiger partial charge in [0.05, 0.1) is 5.02 Å². The third-order valence-corrected chi connectivity index (χ3v) is 4.09. The number of nitrogens with one attached hydrogen (secondary N) is 1. The fourth-order valence-electron chi connectivity index (χ4n) is 2.59. The van der Waals surface area contributed by atoms with Crippen LogP contribution in [0.4, 0.5) is 0 Å². The second-order valence-electron chi connectivity index (χ2n) is 4.92. The minimum absolute atomic E-state index is 0.0204. The van der Waals surface area contributed by atoms with E-state index in [1.165, 1.54) is 0 Å². The number of carbonyl (C=O) groups excluding carboxylic acids is 1. The molecule has 1 fully saturated rings. The molecular weight excluding hydrogens is 262 g/mol. The molecule has 0 radical (unpaired) electrons. The van der Waals surface area contributed by atoms with Crippen LogP contribution in [-0.4, -0.2) is 17.6 Å². The Morgan fingerprint density at radius 3 is 2.89 bits per heavy atom. The van der Waals surface area contributed by atoms with Crippen LogP contribution in [0, 0.1) is 5.92 Å². The van der Waals surface area contributed by atoms with Gasteiger partial charge in [-0.15, -0.1) is 0 Å². The lowest BCUT2D eigenvalue weighted by atomic mass is 9.96. The lowest BCUT2D eigenvalue weighted by Gasteiger charge is -2.11. The Bertz CT molecular complexity index is 654. The maximum atomic E-state index is 11.6. The van der Waals surface area contributed by atoms with Crippen LogP contribution in [0.5, 0.6) is 5.75 Å². The second-order valence-corrected chi connectivity index (χ2v) is 5.30. The molecule has 19 heavy (non-hydrogen) atoms. The minimum atomic E-state index is 0.0204. The minimum Gasteiger partial charge on any atom is -0.508 e. The normalized spacial score (nSPS) is 18.8. The zero-order valence-corrected chi connectivity index (χ0v) is 11.1. The Morgan fingerprint density at radius 1 is 1.32 bits per heavy atom. The van der Waals surface area contributed by atoms with E-state index in [9.17, 15) is 9.90 Å². The summed E-state index contributed by atoms with van der Waals surface area (Å²) in [5.74, 6) is 0.362. The highest BCUT2D eigenvalue weighted by molar-refractivity contribution is 6.36. The SMILES string of the molecule is O=C1NCCC1Cc1ccc2cc(O)ccc2c1Cl. The molecule has 1 amide bonds. The van der Waals surface area contributed by atoms with E-state index in [-0.39, 0.29) is 17.6 Å². The molecule has 0 bridgehead atoms. The van der Waals surface area contributed by atoms with Crippen molar-refractivity contribution in [2.24, 2.45) is 5.92 Å². The van der Waals surface area contributed by atoms with Gasteiger partial charge in [0, 0.05) is 17.8 Å². The summed E-state index contributed by atoms with van der Waals surface area (Å²) in [5, 5.41) is 14.8. The molecule has 1 unspecified atom stereocenters. The van der Waals surface area contributed by atoms with Crippen LogP contribution < -0.4 is 5.32 Å². The van der Waals surface area contributed by atoms with Crippen LogP contribution in [-0.2, 0) is 11.2 Å². The smallest absolute Gasteiger partial charge is 0.223 e. The number of aromatic hydroxyl groups is 1. The molecule has 1 aliphatic heterocycles. The molecule has 4 heteroatoms. The molecule has 1 atom stereocenters. The topological polar surface area (TPSA) is 49.3 Å². The van der Waals surface area contributed by atoms with Crippen molar-refractivity contribution in [3.63, 3.8) is 0 Å². The van der Waals surface area contributed by atoms with Gasteiger partial charge in [-0.05, 0) is 42.0 Å². The Balaban J connectivity index is 1.98.